The summed E-state index contributed by atoms with van der Waals surface area (Å²) in [6, 6.07) is 0.0219. The third kappa shape index (κ3) is 2.19. The maximum atomic E-state index is 10.6. The first-order chi connectivity index (χ1) is 5.09. The molecule has 0 bridgehead atoms. The van der Waals surface area contributed by atoms with Crippen molar-refractivity contribution in [2.24, 2.45) is 5.92 Å². The lowest BCUT2D eigenvalue weighted by atomic mass is 9.90. The minimum absolute atomic E-state index is 0.325. The van der Waals surface area contributed by atoms with Crippen LogP contribution in [0.2, 0.25) is 0 Å². The molecular formula is C8H15NO2. The largest absolute Gasteiger partial charge is 0.480 e. The molecule has 0 saturated carbocycles. The van der Waals surface area contributed by atoms with Gasteiger partial charge in [0.25, 0.3) is 0 Å². The zero-order chi connectivity index (χ0) is 8.43. The number of nitrogens with one attached hydrogen (secondary N) is 1. The molecule has 64 valence electrons. The number of hydrogen-bond acceptors (Lipinski definition) is 2. The van der Waals surface area contributed by atoms with Gasteiger partial charge in [0.1, 0.15) is 6.04 Å². The van der Waals surface area contributed by atoms with Crippen LogP contribution in [0.25, 0.3) is 0 Å². The topological polar surface area (TPSA) is 49.3 Å². The summed E-state index contributed by atoms with van der Waals surface area (Å²) < 4.78 is 0. The summed E-state index contributed by atoms with van der Waals surface area (Å²) in [5.74, 6) is -0.184. The van der Waals surface area contributed by atoms with Gasteiger partial charge in [-0.3, -0.25) is 4.79 Å². The number of carboxylic acids is 1. The molecule has 2 N–H and O–H groups in total. The number of piperidine rings is 1. The van der Waals surface area contributed by atoms with Crippen LogP contribution in [0.3, 0.4) is 0 Å². The first-order valence-corrected chi connectivity index (χ1v) is 4.08. The molecule has 1 heterocycles. The van der Waals surface area contributed by atoms with Crippen LogP contribution >= 0.6 is 0 Å². The van der Waals surface area contributed by atoms with Crippen molar-refractivity contribution in [3.63, 3.8) is 0 Å². The van der Waals surface area contributed by atoms with Gasteiger partial charge in [-0.15, -0.1) is 0 Å². The van der Waals surface area contributed by atoms with E-state index in [0.717, 1.165) is 12.8 Å². The highest BCUT2D eigenvalue weighted by molar-refractivity contribution is 5.73. The van der Waals surface area contributed by atoms with Crippen LogP contribution in [0.5, 0.6) is 0 Å². The smallest absolute Gasteiger partial charge is 0.320 e. The average molecular weight is 157 g/mol. The fourth-order valence-electron chi connectivity index (χ4n) is 1.75. The minimum atomic E-state index is -0.719. The average Bonchev–Trinajstić information content (AvgIpc) is 1.85. The van der Waals surface area contributed by atoms with Gasteiger partial charge in [-0.2, -0.15) is 0 Å². The molecule has 0 amide bonds. The molecule has 1 saturated heterocycles. The molecule has 1 aliphatic rings. The van der Waals surface area contributed by atoms with Gasteiger partial charge in [-0.05, 0) is 25.7 Å². The van der Waals surface area contributed by atoms with E-state index in [0.29, 0.717) is 12.0 Å². The molecule has 0 unspecified atom stereocenters. The van der Waals surface area contributed by atoms with Crippen LogP contribution in [-0.4, -0.2) is 23.2 Å². The molecule has 1 rings (SSSR count). The van der Waals surface area contributed by atoms with Crippen LogP contribution in [-0.2, 0) is 4.79 Å². The Labute approximate surface area is 66.8 Å². The highest BCUT2D eigenvalue weighted by atomic mass is 16.4. The van der Waals surface area contributed by atoms with Crippen molar-refractivity contribution < 1.29 is 9.90 Å². The van der Waals surface area contributed by atoms with Crippen LogP contribution in [0.1, 0.15) is 26.7 Å². The Hall–Kier alpha value is -0.570. The van der Waals surface area contributed by atoms with Crippen LogP contribution in [0, 0.1) is 5.92 Å². The Bertz CT molecular complexity index is 148. The van der Waals surface area contributed by atoms with E-state index in [1.54, 1.807) is 0 Å². The van der Waals surface area contributed by atoms with Crippen LogP contribution < -0.4 is 5.32 Å². The van der Waals surface area contributed by atoms with E-state index in [1.807, 2.05) is 6.92 Å². The zero-order valence-electron chi connectivity index (χ0n) is 7.00. The third-order valence-electron chi connectivity index (χ3n) is 2.18. The van der Waals surface area contributed by atoms with Crippen molar-refractivity contribution in [2.75, 3.05) is 0 Å². The van der Waals surface area contributed by atoms with Gasteiger partial charge in [-0.1, -0.05) is 6.92 Å². The van der Waals surface area contributed by atoms with Crippen molar-refractivity contribution >= 4 is 5.97 Å². The van der Waals surface area contributed by atoms with Gasteiger partial charge in [-0.25, -0.2) is 0 Å². The second-order valence-electron chi connectivity index (χ2n) is 3.54. The van der Waals surface area contributed by atoms with Crippen molar-refractivity contribution in [3.05, 3.63) is 0 Å². The Morgan fingerprint density at radius 2 is 2.09 bits per heavy atom. The SMILES string of the molecule is C[C@H]1C[C@@H](C)N[C@@H](C(=O)O)C1. The van der Waals surface area contributed by atoms with Crippen molar-refractivity contribution in [3.8, 4) is 0 Å². The number of carboxylic acid groups (broad SMARTS) is 1. The number of rotatable bonds is 1. The lowest BCUT2D eigenvalue weighted by molar-refractivity contribution is -0.140. The van der Waals surface area contributed by atoms with E-state index in [-0.39, 0.29) is 6.04 Å². The monoisotopic (exact) mass is 157 g/mol. The summed E-state index contributed by atoms with van der Waals surface area (Å²) in [5, 5.41) is 11.8. The van der Waals surface area contributed by atoms with E-state index in [4.69, 9.17) is 5.11 Å². The summed E-state index contributed by atoms with van der Waals surface area (Å²) in [7, 11) is 0. The normalized spacial score (nSPS) is 38.5. The molecule has 11 heavy (non-hydrogen) atoms. The zero-order valence-corrected chi connectivity index (χ0v) is 7.00. The first-order valence-electron chi connectivity index (χ1n) is 4.08. The van der Waals surface area contributed by atoms with Gasteiger partial charge >= 0.3 is 5.97 Å². The molecule has 0 aromatic heterocycles. The highest BCUT2D eigenvalue weighted by Crippen LogP contribution is 2.19. The molecule has 0 aromatic carbocycles. The minimum Gasteiger partial charge on any atom is -0.480 e. The molecule has 0 aromatic rings. The Morgan fingerprint density at radius 3 is 2.55 bits per heavy atom. The molecular weight excluding hydrogens is 142 g/mol. The van der Waals surface area contributed by atoms with E-state index < -0.39 is 5.97 Å². The lowest BCUT2D eigenvalue weighted by Crippen LogP contribution is -2.47. The van der Waals surface area contributed by atoms with E-state index in [9.17, 15) is 4.79 Å². The summed E-state index contributed by atoms with van der Waals surface area (Å²) in [4.78, 5) is 10.6. The van der Waals surface area contributed by atoms with Crippen LogP contribution in [0.4, 0.5) is 0 Å². The van der Waals surface area contributed by atoms with Crippen molar-refractivity contribution in [1.82, 2.24) is 5.32 Å². The molecule has 3 nitrogen and oxygen atoms in total. The molecule has 0 radical (unpaired) electrons. The van der Waals surface area contributed by atoms with Gasteiger partial charge in [0.15, 0.2) is 0 Å². The summed E-state index contributed by atoms with van der Waals surface area (Å²) in [6.45, 7) is 4.14. The summed E-state index contributed by atoms with van der Waals surface area (Å²) >= 11 is 0. The first kappa shape index (κ1) is 8.53. The molecule has 1 fully saturated rings. The Kier molecular flexibility index (Phi) is 2.49. The maximum absolute atomic E-state index is 10.6. The van der Waals surface area contributed by atoms with Gasteiger partial charge in [0.05, 0.1) is 0 Å². The highest BCUT2D eigenvalue weighted by Gasteiger charge is 2.27. The fourth-order valence-corrected chi connectivity index (χ4v) is 1.75. The maximum Gasteiger partial charge on any atom is 0.320 e. The molecule has 0 aliphatic carbocycles. The summed E-state index contributed by atoms with van der Waals surface area (Å²) in [5.41, 5.74) is 0. The predicted molar refractivity (Wildman–Crippen MR) is 42.4 cm³/mol. The standard InChI is InChI=1S/C8H15NO2/c1-5-3-6(2)9-7(4-5)8(10)11/h5-7,9H,3-4H2,1-2H3,(H,10,11)/t5-,6+,7+/m0/s1. The molecule has 0 spiro atoms. The van der Waals surface area contributed by atoms with Crippen molar-refractivity contribution in [2.45, 2.75) is 38.8 Å². The van der Waals surface area contributed by atoms with Gasteiger partial charge in [0.2, 0.25) is 0 Å². The van der Waals surface area contributed by atoms with Crippen molar-refractivity contribution in [1.29, 1.82) is 0 Å². The number of carbonyl (C=O) groups is 1. The Morgan fingerprint density at radius 1 is 1.45 bits per heavy atom. The van der Waals surface area contributed by atoms with E-state index in [2.05, 4.69) is 12.2 Å². The fraction of sp³-hybridized carbons (Fsp3) is 0.875. The van der Waals surface area contributed by atoms with Crippen LogP contribution in [0.15, 0.2) is 0 Å². The van der Waals surface area contributed by atoms with Gasteiger partial charge < -0.3 is 10.4 Å². The third-order valence-corrected chi connectivity index (χ3v) is 2.18. The molecule has 1 aliphatic heterocycles. The molecule has 3 heteroatoms. The number of hydrogen-bond donors (Lipinski definition) is 2. The number of aliphatic carboxylic acids is 1. The quantitative estimate of drug-likeness (QED) is 0.593. The summed E-state index contributed by atoms with van der Waals surface area (Å²) in [6.07, 6.45) is 1.85. The van der Waals surface area contributed by atoms with E-state index in [1.165, 1.54) is 0 Å². The lowest BCUT2D eigenvalue weighted by Gasteiger charge is -2.30. The second kappa shape index (κ2) is 3.22. The van der Waals surface area contributed by atoms with Gasteiger partial charge in [0, 0.05) is 6.04 Å². The predicted octanol–water partition coefficient (Wildman–Crippen LogP) is 0.848. The second-order valence-corrected chi connectivity index (χ2v) is 3.54. The molecule has 3 atom stereocenters. The van der Waals surface area contributed by atoms with E-state index >= 15 is 0 Å². The Balaban J connectivity index is 2.49.